The number of aromatic amines is 1. The molecule has 7 nitrogen and oxygen atoms in total. The summed E-state index contributed by atoms with van der Waals surface area (Å²) in [6.07, 6.45) is 8.24. The molecule has 1 N–H and O–H groups in total. The Bertz CT molecular complexity index is 1550. The number of H-pyrrole nitrogens is 1. The summed E-state index contributed by atoms with van der Waals surface area (Å²) in [4.78, 5) is 25.8. The van der Waals surface area contributed by atoms with Crippen molar-refractivity contribution >= 4 is 22.5 Å². The van der Waals surface area contributed by atoms with Crippen molar-refractivity contribution < 1.29 is 4.79 Å². The number of pyridine rings is 1. The topological polar surface area (TPSA) is 69.5 Å². The van der Waals surface area contributed by atoms with E-state index in [4.69, 9.17) is 0 Å². The summed E-state index contributed by atoms with van der Waals surface area (Å²) in [5, 5.41) is 5.74. The lowest BCUT2D eigenvalue weighted by atomic mass is 9.84. The lowest BCUT2D eigenvalue weighted by Crippen LogP contribution is -2.48. The molecule has 7 heteroatoms. The predicted molar refractivity (Wildman–Crippen MR) is 162 cm³/mol. The number of carbonyl (C=O) groups excluding carboxylic acids is 1. The van der Waals surface area contributed by atoms with Crippen LogP contribution in [0.4, 0.5) is 0 Å². The third-order valence-corrected chi connectivity index (χ3v) is 9.49. The van der Waals surface area contributed by atoms with Gasteiger partial charge >= 0.3 is 0 Å². The highest BCUT2D eigenvalue weighted by atomic mass is 16.2. The first kappa shape index (κ1) is 27.0. The molecular weight excluding hydrogens is 496 g/mol. The Labute approximate surface area is 238 Å². The molecule has 0 atom stereocenters. The fourth-order valence-electron chi connectivity index (χ4n) is 7.18. The normalized spacial score (nSPS) is 18.8. The van der Waals surface area contributed by atoms with E-state index in [1.54, 1.807) is 6.33 Å². The Morgan fingerprint density at radius 3 is 2.62 bits per heavy atom. The average molecular weight is 541 g/mol. The zero-order valence-corrected chi connectivity index (χ0v) is 25.0. The van der Waals surface area contributed by atoms with Crippen molar-refractivity contribution in [2.45, 2.75) is 79.1 Å². The molecule has 40 heavy (non-hydrogen) atoms. The summed E-state index contributed by atoms with van der Waals surface area (Å²) in [7, 11) is 0. The van der Waals surface area contributed by atoms with Crippen LogP contribution in [0, 0.1) is 19.3 Å². The molecule has 1 aromatic carbocycles. The van der Waals surface area contributed by atoms with Gasteiger partial charge in [0.25, 0.3) is 0 Å². The van der Waals surface area contributed by atoms with Crippen LogP contribution in [0.5, 0.6) is 0 Å². The van der Waals surface area contributed by atoms with Crippen molar-refractivity contribution in [3.05, 3.63) is 53.0 Å². The van der Waals surface area contributed by atoms with Crippen LogP contribution in [0.3, 0.4) is 0 Å². The quantitative estimate of drug-likeness (QED) is 0.316. The van der Waals surface area contributed by atoms with Crippen molar-refractivity contribution in [3.8, 4) is 11.3 Å². The van der Waals surface area contributed by atoms with Gasteiger partial charge < -0.3 is 9.88 Å². The third-order valence-electron chi connectivity index (χ3n) is 9.49. The number of amides is 1. The molecule has 0 bridgehead atoms. The number of aromatic nitrogens is 4. The molecule has 1 amide bonds. The minimum absolute atomic E-state index is 0.305. The molecule has 3 aromatic heterocycles. The molecule has 212 valence electrons. The number of nitrogens with zero attached hydrogens (tertiary/aromatic N) is 5. The van der Waals surface area contributed by atoms with Crippen molar-refractivity contribution in [1.82, 2.24) is 29.4 Å². The van der Waals surface area contributed by atoms with Crippen LogP contribution in [-0.4, -0.2) is 68.0 Å². The van der Waals surface area contributed by atoms with Crippen LogP contribution in [0.15, 0.2) is 30.7 Å². The van der Waals surface area contributed by atoms with Crippen LogP contribution >= 0.6 is 0 Å². The summed E-state index contributed by atoms with van der Waals surface area (Å²) in [6, 6.07) is 6.97. The van der Waals surface area contributed by atoms with Gasteiger partial charge in [-0.2, -0.15) is 5.10 Å². The van der Waals surface area contributed by atoms with E-state index < -0.39 is 0 Å². The number of piperidine rings is 2. The first-order valence-electron chi connectivity index (χ1n) is 15.1. The molecule has 6 rings (SSSR count). The van der Waals surface area contributed by atoms with E-state index in [0.29, 0.717) is 29.7 Å². The number of benzene rings is 1. The summed E-state index contributed by atoms with van der Waals surface area (Å²) in [5.74, 6) is 1.15. The highest BCUT2D eigenvalue weighted by molar-refractivity contribution is 5.92. The van der Waals surface area contributed by atoms with Crippen molar-refractivity contribution in [2.75, 3.05) is 32.7 Å². The van der Waals surface area contributed by atoms with E-state index in [-0.39, 0.29) is 0 Å². The van der Waals surface area contributed by atoms with Gasteiger partial charge in [0.15, 0.2) is 5.65 Å². The second-order valence-electron chi connectivity index (χ2n) is 13.3. The molecule has 2 aliphatic rings. The van der Waals surface area contributed by atoms with Crippen LogP contribution in [0.1, 0.15) is 87.5 Å². The van der Waals surface area contributed by atoms with Crippen molar-refractivity contribution in [2.24, 2.45) is 5.41 Å². The van der Waals surface area contributed by atoms with Crippen molar-refractivity contribution in [1.29, 1.82) is 0 Å². The van der Waals surface area contributed by atoms with Gasteiger partial charge in [0.05, 0.1) is 12.2 Å². The first-order valence-corrected chi connectivity index (χ1v) is 15.1. The average Bonchev–Trinajstić information content (AvgIpc) is 3.54. The lowest BCUT2D eigenvalue weighted by molar-refractivity contribution is -0.134. The number of aryl methyl sites for hydroxylation is 1. The second-order valence-corrected chi connectivity index (χ2v) is 13.3. The zero-order valence-electron chi connectivity index (χ0n) is 25.0. The Hall–Kier alpha value is -3.19. The number of hydrogen-bond acceptors (Lipinski definition) is 4. The van der Waals surface area contributed by atoms with Crippen LogP contribution in [-0.2, 0) is 4.79 Å². The fourth-order valence-corrected chi connectivity index (χ4v) is 7.18. The van der Waals surface area contributed by atoms with Gasteiger partial charge in [-0.3, -0.25) is 9.69 Å². The number of likely N-dealkylation sites (tertiary alicyclic amines) is 2. The third kappa shape index (κ3) is 4.93. The smallest absolute Gasteiger partial charge is 0.236 e. The van der Waals surface area contributed by atoms with Crippen LogP contribution in [0.2, 0.25) is 0 Å². The Kier molecular flexibility index (Phi) is 6.97. The van der Waals surface area contributed by atoms with Gasteiger partial charge in [-0.25, -0.2) is 9.50 Å². The highest BCUT2D eigenvalue weighted by Gasteiger charge is 2.30. The molecule has 5 heterocycles. The molecule has 4 aromatic rings. The first-order chi connectivity index (χ1) is 19.1. The predicted octanol–water partition coefficient (Wildman–Crippen LogP) is 6.45. The minimum atomic E-state index is 0.305. The fraction of sp³-hybridized carbons (Fsp3) is 0.545. The van der Waals surface area contributed by atoms with Crippen LogP contribution in [0.25, 0.3) is 27.8 Å². The van der Waals surface area contributed by atoms with E-state index >= 15 is 0 Å². The number of nitrogens with one attached hydrogen (secondary N) is 1. The van der Waals surface area contributed by atoms with Gasteiger partial charge in [0.2, 0.25) is 5.91 Å². The largest absolute Gasteiger partial charge is 0.354 e. The molecule has 2 saturated heterocycles. The number of fused-ring (bicyclic) bond motifs is 2. The second kappa shape index (κ2) is 10.3. The van der Waals surface area contributed by atoms with Gasteiger partial charge in [-0.15, -0.1) is 0 Å². The number of hydrogen-bond donors (Lipinski definition) is 1. The Morgan fingerprint density at radius 1 is 1.12 bits per heavy atom. The molecule has 2 fully saturated rings. The summed E-state index contributed by atoms with van der Waals surface area (Å²) in [5.41, 5.74) is 9.92. The zero-order chi connectivity index (χ0) is 28.2. The van der Waals surface area contributed by atoms with Gasteiger partial charge in [-0.1, -0.05) is 33.8 Å². The summed E-state index contributed by atoms with van der Waals surface area (Å²) in [6.45, 7) is 17.9. The molecule has 0 aliphatic carbocycles. The van der Waals surface area contributed by atoms with E-state index in [1.165, 1.54) is 51.7 Å². The lowest BCUT2D eigenvalue weighted by Gasteiger charge is -2.39. The minimum Gasteiger partial charge on any atom is -0.354 e. The van der Waals surface area contributed by atoms with Crippen LogP contribution < -0.4 is 0 Å². The van der Waals surface area contributed by atoms with Crippen molar-refractivity contribution in [3.63, 3.8) is 0 Å². The van der Waals surface area contributed by atoms with E-state index in [9.17, 15) is 4.79 Å². The maximum absolute atomic E-state index is 13.1. The monoisotopic (exact) mass is 540 g/mol. The molecule has 0 radical (unpaired) electrons. The Balaban J connectivity index is 1.22. The SMILES string of the molecule is Cc1c(-c2[nH]c3ccc(C4CCN(C(=O)CN5CCCC(C)(C)C5)CC4)cc3c2C(C)C)cn2ncnc2c1C. The molecule has 0 spiro atoms. The standard InChI is InChI=1S/C33H44N6O/c1-21(2)30-26-16-25(24-10-14-38(15-11-24)29(40)18-37-13-7-12-33(5,6)19-37)8-9-28(26)36-31(30)27-17-39-32(34-20-35-39)23(4)22(27)3/h8-9,16-17,20-21,24,36H,7,10-15,18-19H2,1-6H3. The molecule has 0 saturated carbocycles. The highest BCUT2D eigenvalue weighted by Crippen LogP contribution is 2.40. The van der Waals surface area contributed by atoms with Gasteiger partial charge in [0.1, 0.15) is 6.33 Å². The Morgan fingerprint density at radius 2 is 1.90 bits per heavy atom. The van der Waals surface area contributed by atoms with Gasteiger partial charge in [0, 0.05) is 42.3 Å². The van der Waals surface area contributed by atoms with Gasteiger partial charge in [-0.05, 0) is 97.7 Å². The molecule has 0 unspecified atom stereocenters. The van der Waals surface area contributed by atoms with E-state index in [1.807, 2.05) is 4.52 Å². The number of rotatable bonds is 5. The number of carbonyl (C=O) groups is 1. The maximum Gasteiger partial charge on any atom is 0.236 e. The summed E-state index contributed by atoms with van der Waals surface area (Å²) >= 11 is 0. The molecule has 2 aliphatic heterocycles. The maximum atomic E-state index is 13.1. The van der Waals surface area contributed by atoms with E-state index in [0.717, 1.165) is 50.2 Å². The summed E-state index contributed by atoms with van der Waals surface area (Å²) < 4.78 is 1.89. The molecular formula is C33H44N6O. The van der Waals surface area contributed by atoms with E-state index in [2.05, 4.69) is 90.8 Å².